The third-order valence-corrected chi connectivity index (χ3v) is 2.82. The van der Waals surface area contributed by atoms with Crippen LogP contribution in [-0.2, 0) is 0 Å². The molecule has 0 bridgehead atoms. The Balaban J connectivity index is 3.44. The van der Waals surface area contributed by atoms with Crippen molar-refractivity contribution >= 4 is 37.8 Å². The molecule has 3 N–H and O–H groups in total. The third kappa shape index (κ3) is 1.94. The van der Waals surface area contributed by atoms with Gasteiger partial charge in [-0.05, 0) is 37.9 Å². The van der Waals surface area contributed by atoms with E-state index in [-0.39, 0.29) is 10.0 Å². The second-order valence-corrected chi connectivity index (χ2v) is 3.96. The lowest BCUT2D eigenvalue weighted by Crippen LogP contribution is -2.31. The molecule has 3 nitrogen and oxygen atoms in total. The zero-order chi connectivity index (χ0) is 10.9. The van der Waals surface area contributed by atoms with Gasteiger partial charge in [-0.25, -0.2) is 14.6 Å². The fourth-order valence-corrected chi connectivity index (χ4v) is 1.71. The Morgan fingerprint density at radius 3 is 2.50 bits per heavy atom. The van der Waals surface area contributed by atoms with E-state index in [9.17, 15) is 13.6 Å². The zero-order valence-electron chi connectivity index (χ0n) is 6.57. The molecule has 1 amide bonds. The summed E-state index contributed by atoms with van der Waals surface area (Å²) >= 11 is 5.53. The normalized spacial score (nSPS) is 10.1. The molecule has 0 aliphatic carbocycles. The van der Waals surface area contributed by atoms with Crippen LogP contribution in [-0.4, -0.2) is 5.91 Å². The molecule has 1 aromatic carbocycles. The van der Waals surface area contributed by atoms with Gasteiger partial charge in [-0.2, -0.15) is 0 Å². The Bertz CT molecular complexity index is 398. The number of carbonyl (C=O) groups is 1. The summed E-state index contributed by atoms with van der Waals surface area (Å²) in [6.07, 6.45) is 0. The summed E-state index contributed by atoms with van der Waals surface area (Å²) in [6.45, 7) is 0. The molecule has 0 radical (unpaired) electrons. The summed E-state index contributed by atoms with van der Waals surface area (Å²) in [4.78, 5) is 11.1. The number of hydrogen-bond acceptors (Lipinski definition) is 2. The van der Waals surface area contributed by atoms with Crippen molar-refractivity contribution in [2.24, 2.45) is 5.84 Å². The first-order chi connectivity index (χ1) is 6.49. The van der Waals surface area contributed by atoms with Gasteiger partial charge in [0.15, 0.2) is 5.82 Å². The molecule has 0 aromatic heterocycles. The number of hydrazine groups is 1. The van der Waals surface area contributed by atoms with Crippen molar-refractivity contribution in [3.8, 4) is 0 Å². The minimum absolute atomic E-state index is 0.00125. The van der Waals surface area contributed by atoms with Crippen LogP contribution >= 0.6 is 31.9 Å². The summed E-state index contributed by atoms with van der Waals surface area (Å²) in [5.74, 6) is 2.19. The molecular weight excluding hydrogens is 326 g/mol. The number of nitrogen functional groups attached to an aromatic ring is 1. The molecule has 1 aromatic rings. The SMILES string of the molecule is NNC(=O)c1c(Br)cc(F)c(Br)c1F. The summed E-state index contributed by atoms with van der Waals surface area (Å²) in [5, 5.41) is 0. The largest absolute Gasteiger partial charge is 0.290 e. The first-order valence-electron chi connectivity index (χ1n) is 3.33. The van der Waals surface area contributed by atoms with Gasteiger partial charge in [0.05, 0.1) is 10.0 Å². The van der Waals surface area contributed by atoms with E-state index in [1.165, 1.54) is 0 Å². The summed E-state index contributed by atoms with van der Waals surface area (Å²) in [6, 6.07) is 0.970. The minimum atomic E-state index is -1.00. The van der Waals surface area contributed by atoms with E-state index < -0.39 is 22.0 Å². The molecule has 0 aliphatic heterocycles. The van der Waals surface area contributed by atoms with Crippen molar-refractivity contribution in [2.75, 3.05) is 0 Å². The minimum Gasteiger partial charge on any atom is -0.290 e. The molecule has 1 rings (SSSR count). The average Bonchev–Trinajstić information content (AvgIpc) is 2.14. The summed E-state index contributed by atoms with van der Waals surface area (Å²) in [7, 11) is 0. The van der Waals surface area contributed by atoms with Crippen LogP contribution in [0.3, 0.4) is 0 Å². The van der Waals surface area contributed by atoms with Crippen LogP contribution in [0.15, 0.2) is 15.0 Å². The van der Waals surface area contributed by atoms with E-state index in [0.29, 0.717) is 0 Å². The number of halogens is 4. The van der Waals surface area contributed by atoms with Crippen LogP contribution < -0.4 is 11.3 Å². The van der Waals surface area contributed by atoms with Gasteiger partial charge in [-0.3, -0.25) is 10.2 Å². The number of rotatable bonds is 1. The second kappa shape index (κ2) is 4.33. The van der Waals surface area contributed by atoms with Crippen LogP contribution in [0, 0.1) is 11.6 Å². The van der Waals surface area contributed by atoms with Gasteiger partial charge in [0.1, 0.15) is 5.82 Å². The molecule has 0 atom stereocenters. The highest BCUT2D eigenvalue weighted by Crippen LogP contribution is 2.28. The fraction of sp³-hybridized carbons (Fsp3) is 0. The van der Waals surface area contributed by atoms with Gasteiger partial charge < -0.3 is 0 Å². The van der Waals surface area contributed by atoms with Crippen molar-refractivity contribution in [3.05, 3.63) is 32.2 Å². The maximum Gasteiger partial charge on any atom is 0.269 e. The van der Waals surface area contributed by atoms with E-state index in [4.69, 9.17) is 5.84 Å². The fourth-order valence-electron chi connectivity index (χ4n) is 0.847. The van der Waals surface area contributed by atoms with Crippen molar-refractivity contribution in [3.63, 3.8) is 0 Å². The zero-order valence-corrected chi connectivity index (χ0v) is 9.75. The molecule has 0 aliphatic rings. The van der Waals surface area contributed by atoms with Crippen molar-refractivity contribution in [1.29, 1.82) is 0 Å². The van der Waals surface area contributed by atoms with Gasteiger partial charge >= 0.3 is 0 Å². The first kappa shape index (κ1) is 11.5. The number of hydrogen-bond donors (Lipinski definition) is 2. The Morgan fingerprint density at radius 1 is 1.43 bits per heavy atom. The number of carbonyl (C=O) groups excluding carboxylic acids is 1. The Morgan fingerprint density at radius 2 is 2.00 bits per heavy atom. The highest BCUT2D eigenvalue weighted by molar-refractivity contribution is 9.11. The lowest BCUT2D eigenvalue weighted by atomic mass is 10.2. The van der Waals surface area contributed by atoms with Crippen LogP contribution in [0.5, 0.6) is 0 Å². The Labute approximate surface area is 94.9 Å². The van der Waals surface area contributed by atoms with Gasteiger partial charge in [0.2, 0.25) is 0 Å². The summed E-state index contributed by atoms with van der Waals surface area (Å²) in [5.41, 5.74) is 1.41. The van der Waals surface area contributed by atoms with Gasteiger partial charge in [0, 0.05) is 4.47 Å². The highest BCUT2D eigenvalue weighted by Gasteiger charge is 2.20. The first-order valence-corrected chi connectivity index (χ1v) is 4.91. The number of amides is 1. The molecule has 76 valence electrons. The quantitative estimate of drug-likeness (QED) is 0.272. The Hall–Kier alpha value is -0.530. The van der Waals surface area contributed by atoms with E-state index >= 15 is 0 Å². The van der Waals surface area contributed by atoms with Gasteiger partial charge in [-0.15, -0.1) is 0 Å². The van der Waals surface area contributed by atoms with Crippen LogP contribution in [0.1, 0.15) is 10.4 Å². The lowest BCUT2D eigenvalue weighted by Gasteiger charge is -2.06. The second-order valence-electron chi connectivity index (χ2n) is 2.32. The van der Waals surface area contributed by atoms with E-state index in [1.807, 2.05) is 0 Å². The topological polar surface area (TPSA) is 55.1 Å². The molecule has 0 saturated carbocycles. The van der Waals surface area contributed by atoms with Gasteiger partial charge in [-0.1, -0.05) is 0 Å². The lowest BCUT2D eigenvalue weighted by molar-refractivity contribution is 0.0948. The third-order valence-electron chi connectivity index (χ3n) is 1.47. The predicted molar refractivity (Wildman–Crippen MR) is 53.4 cm³/mol. The maximum atomic E-state index is 13.3. The molecule has 0 heterocycles. The van der Waals surface area contributed by atoms with Crippen LogP contribution in [0.2, 0.25) is 0 Å². The molecule has 0 saturated heterocycles. The van der Waals surface area contributed by atoms with E-state index in [1.54, 1.807) is 5.43 Å². The van der Waals surface area contributed by atoms with Crippen molar-refractivity contribution in [1.82, 2.24) is 5.43 Å². The number of benzene rings is 1. The predicted octanol–water partition coefficient (Wildman–Crippen LogP) is 2.09. The molecule has 14 heavy (non-hydrogen) atoms. The van der Waals surface area contributed by atoms with Crippen LogP contribution in [0.4, 0.5) is 8.78 Å². The van der Waals surface area contributed by atoms with Crippen LogP contribution in [0.25, 0.3) is 0 Å². The highest BCUT2D eigenvalue weighted by atomic mass is 79.9. The molecular formula is C7H4Br2F2N2O. The standard InChI is InChI=1S/C7H4Br2F2N2O/c8-2-1-3(10)5(9)6(11)4(2)7(14)13-12/h1H,12H2,(H,13,14). The molecule has 7 heteroatoms. The maximum absolute atomic E-state index is 13.3. The van der Waals surface area contributed by atoms with Crippen molar-refractivity contribution < 1.29 is 13.6 Å². The van der Waals surface area contributed by atoms with E-state index in [0.717, 1.165) is 6.07 Å². The molecule has 0 unspecified atom stereocenters. The Kier molecular flexibility index (Phi) is 3.57. The average molecular weight is 330 g/mol. The number of nitrogens with one attached hydrogen (secondary N) is 1. The van der Waals surface area contributed by atoms with Crippen molar-refractivity contribution in [2.45, 2.75) is 0 Å². The summed E-state index contributed by atoms with van der Waals surface area (Å²) < 4.78 is 25.8. The number of nitrogens with two attached hydrogens (primary N) is 1. The monoisotopic (exact) mass is 328 g/mol. The molecule has 0 spiro atoms. The molecule has 0 fully saturated rings. The van der Waals surface area contributed by atoms with Gasteiger partial charge in [0.25, 0.3) is 5.91 Å². The smallest absolute Gasteiger partial charge is 0.269 e. The van der Waals surface area contributed by atoms with E-state index in [2.05, 4.69) is 31.9 Å².